The van der Waals surface area contributed by atoms with Gasteiger partial charge < -0.3 is 10.4 Å². The molecule has 0 unspecified atom stereocenters. The molecule has 1 aliphatic rings. The highest BCUT2D eigenvalue weighted by Gasteiger charge is 2.25. The summed E-state index contributed by atoms with van der Waals surface area (Å²) in [6.07, 6.45) is 7.51. The SMILES string of the molecule is Cn1cc(C(=O)Nc2ccc(C(=O)O)cc2)c(C2CCCCC2)n1. The van der Waals surface area contributed by atoms with Gasteiger partial charge in [-0.2, -0.15) is 5.10 Å². The summed E-state index contributed by atoms with van der Waals surface area (Å²) < 4.78 is 1.69. The number of aromatic carboxylic acids is 1. The molecule has 2 N–H and O–H groups in total. The van der Waals surface area contributed by atoms with E-state index in [1.165, 1.54) is 31.4 Å². The highest BCUT2D eigenvalue weighted by Crippen LogP contribution is 2.33. The van der Waals surface area contributed by atoms with E-state index in [9.17, 15) is 9.59 Å². The third-order valence-corrected chi connectivity index (χ3v) is 4.48. The fourth-order valence-electron chi connectivity index (χ4n) is 3.25. The molecule has 1 aromatic carbocycles. The third kappa shape index (κ3) is 3.48. The number of nitrogens with zero attached hydrogens (tertiary/aromatic N) is 2. The quantitative estimate of drug-likeness (QED) is 0.901. The molecule has 0 saturated heterocycles. The van der Waals surface area contributed by atoms with Gasteiger partial charge in [0.1, 0.15) is 0 Å². The average molecular weight is 327 g/mol. The Morgan fingerprint density at radius 2 is 1.83 bits per heavy atom. The Balaban J connectivity index is 1.78. The molecule has 126 valence electrons. The van der Waals surface area contributed by atoms with Crippen LogP contribution in [-0.4, -0.2) is 26.8 Å². The van der Waals surface area contributed by atoms with Crippen LogP contribution in [0.5, 0.6) is 0 Å². The normalized spacial score (nSPS) is 15.2. The average Bonchev–Trinajstić information content (AvgIpc) is 2.98. The highest BCUT2D eigenvalue weighted by molar-refractivity contribution is 6.05. The lowest BCUT2D eigenvalue weighted by Gasteiger charge is -2.20. The Hall–Kier alpha value is -2.63. The van der Waals surface area contributed by atoms with Crippen LogP contribution in [0.3, 0.4) is 0 Å². The monoisotopic (exact) mass is 327 g/mol. The maximum atomic E-state index is 12.6. The number of anilines is 1. The van der Waals surface area contributed by atoms with Crippen molar-refractivity contribution in [3.8, 4) is 0 Å². The number of benzene rings is 1. The van der Waals surface area contributed by atoms with Gasteiger partial charge in [0.15, 0.2) is 0 Å². The summed E-state index contributed by atoms with van der Waals surface area (Å²) >= 11 is 0. The van der Waals surface area contributed by atoms with E-state index in [1.54, 1.807) is 23.0 Å². The smallest absolute Gasteiger partial charge is 0.335 e. The Kier molecular flexibility index (Phi) is 4.64. The van der Waals surface area contributed by atoms with Crippen molar-refractivity contribution in [2.75, 3.05) is 5.32 Å². The van der Waals surface area contributed by atoms with Crippen LogP contribution in [0.25, 0.3) is 0 Å². The molecule has 3 rings (SSSR count). The van der Waals surface area contributed by atoms with Gasteiger partial charge in [-0.15, -0.1) is 0 Å². The highest BCUT2D eigenvalue weighted by atomic mass is 16.4. The van der Waals surface area contributed by atoms with E-state index >= 15 is 0 Å². The van der Waals surface area contributed by atoms with E-state index < -0.39 is 5.97 Å². The summed E-state index contributed by atoms with van der Waals surface area (Å²) in [5, 5.41) is 16.3. The lowest BCUT2D eigenvalue weighted by molar-refractivity contribution is 0.0696. The standard InChI is InChI=1S/C18H21N3O3/c1-21-11-15(16(20-21)12-5-3-2-4-6-12)17(22)19-14-9-7-13(8-10-14)18(23)24/h7-12H,2-6H2,1H3,(H,19,22)(H,23,24). The van der Waals surface area contributed by atoms with E-state index in [4.69, 9.17) is 5.11 Å². The van der Waals surface area contributed by atoms with Gasteiger partial charge in [0.05, 0.1) is 16.8 Å². The van der Waals surface area contributed by atoms with Gasteiger partial charge in [-0.3, -0.25) is 9.48 Å². The van der Waals surface area contributed by atoms with Gasteiger partial charge in [-0.05, 0) is 37.1 Å². The van der Waals surface area contributed by atoms with E-state index in [0.717, 1.165) is 18.5 Å². The largest absolute Gasteiger partial charge is 0.478 e. The summed E-state index contributed by atoms with van der Waals surface area (Å²) in [6, 6.07) is 6.14. The number of carbonyl (C=O) groups is 2. The number of rotatable bonds is 4. The van der Waals surface area contributed by atoms with Gasteiger partial charge in [0, 0.05) is 24.8 Å². The van der Waals surface area contributed by atoms with Crippen molar-refractivity contribution in [2.45, 2.75) is 38.0 Å². The lowest BCUT2D eigenvalue weighted by Crippen LogP contribution is -2.16. The van der Waals surface area contributed by atoms with Crippen LogP contribution in [0.15, 0.2) is 30.5 Å². The number of hydrogen-bond donors (Lipinski definition) is 2. The van der Waals surface area contributed by atoms with Crippen LogP contribution >= 0.6 is 0 Å². The van der Waals surface area contributed by atoms with Crippen LogP contribution in [0.4, 0.5) is 5.69 Å². The number of carboxylic acids is 1. The summed E-state index contributed by atoms with van der Waals surface area (Å²) in [5.41, 5.74) is 2.24. The van der Waals surface area contributed by atoms with Crippen molar-refractivity contribution < 1.29 is 14.7 Å². The second kappa shape index (κ2) is 6.86. The Bertz CT molecular complexity index is 743. The predicted octanol–water partition coefficient (Wildman–Crippen LogP) is 3.42. The first-order valence-corrected chi connectivity index (χ1v) is 8.23. The summed E-state index contributed by atoms with van der Waals surface area (Å²) in [7, 11) is 1.82. The second-order valence-corrected chi connectivity index (χ2v) is 6.27. The summed E-state index contributed by atoms with van der Waals surface area (Å²) in [4.78, 5) is 23.5. The van der Waals surface area contributed by atoms with E-state index in [-0.39, 0.29) is 11.5 Å². The molecule has 2 aromatic rings. The molecule has 0 spiro atoms. The molecule has 1 aliphatic carbocycles. The molecule has 1 heterocycles. The van der Waals surface area contributed by atoms with Gasteiger partial charge in [-0.25, -0.2) is 4.79 Å². The Morgan fingerprint density at radius 1 is 1.17 bits per heavy atom. The van der Waals surface area contributed by atoms with E-state index in [2.05, 4.69) is 10.4 Å². The number of aryl methyl sites for hydroxylation is 1. The molecule has 1 fully saturated rings. The summed E-state index contributed by atoms with van der Waals surface area (Å²) in [6.45, 7) is 0. The number of amides is 1. The topological polar surface area (TPSA) is 84.2 Å². The molecule has 0 atom stereocenters. The molecular weight excluding hydrogens is 306 g/mol. The molecule has 1 amide bonds. The lowest BCUT2D eigenvalue weighted by atomic mass is 9.85. The van der Waals surface area contributed by atoms with Crippen molar-refractivity contribution in [3.63, 3.8) is 0 Å². The molecule has 1 saturated carbocycles. The molecule has 6 heteroatoms. The van der Waals surface area contributed by atoms with Crippen LogP contribution in [-0.2, 0) is 7.05 Å². The Labute approximate surface area is 140 Å². The first-order valence-electron chi connectivity index (χ1n) is 8.23. The summed E-state index contributed by atoms with van der Waals surface area (Å²) in [5.74, 6) is -0.846. The minimum absolute atomic E-state index is 0.192. The number of nitrogens with one attached hydrogen (secondary N) is 1. The minimum atomic E-state index is -0.986. The van der Waals surface area contributed by atoms with Crippen LogP contribution in [0.2, 0.25) is 0 Å². The molecule has 0 aliphatic heterocycles. The van der Waals surface area contributed by atoms with Crippen molar-refractivity contribution in [3.05, 3.63) is 47.3 Å². The number of carbonyl (C=O) groups excluding carboxylic acids is 1. The first-order chi connectivity index (χ1) is 11.5. The number of aromatic nitrogens is 2. The maximum Gasteiger partial charge on any atom is 0.335 e. The predicted molar refractivity (Wildman–Crippen MR) is 90.4 cm³/mol. The molecule has 0 radical (unpaired) electrons. The molecular formula is C18H21N3O3. The number of hydrogen-bond acceptors (Lipinski definition) is 3. The van der Waals surface area contributed by atoms with E-state index in [1.807, 2.05) is 7.05 Å². The van der Waals surface area contributed by atoms with Crippen LogP contribution in [0, 0.1) is 0 Å². The van der Waals surface area contributed by atoms with Crippen molar-refractivity contribution in [1.82, 2.24) is 9.78 Å². The van der Waals surface area contributed by atoms with Crippen LogP contribution < -0.4 is 5.32 Å². The van der Waals surface area contributed by atoms with Crippen molar-refractivity contribution in [2.24, 2.45) is 7.05 Å². The van der Waals surface area contributed by atoms with Crippen molar-refractivity contribution >= 4 is 17.6 Å². The second-order valence-electron chi connectivity index (χ2n) is 6.27. The van der Waals surface area contributed by atoms with Gasteiger partial charge in [-0.1, -0.05) is 19.3 Å². The first kappa shape index (κ1) is 16.2. The molecule has 1 aromatic heterocycles. The maximum absolute atomic E-state index is 12.6. The third-order valence-electron chi connectivity index (χ3n) is 4.48. The zero-order valence-electron chi connectivity index (χ0n) is 13.7. The number of carboxylic acid groups (broad SMARTS) is 1. The molecule has 24 heavy (non-hydrogen) atoms. The van der Waals surface area contributed by atoms with E-state index in [0.29, 0.717) is 17.2 Å². The fraction of sp³-hybridized carbons (Fsp3) is 0.389. The van der Waals surface area contributed by atoms with Gasteiger partial charge >= 0.3 is 5.97 Å². The zero-order valence-corrected chi connectivity index (χ0v) is 13.7. The fourth-order valence-corrected chi connectivity index (χ4v) is 3.25. The Morgan fingerprint density at radius 3 is 2.46 bits per heavy atom. The zero-order chi connectivity index (χ0) is 17.1. The van der Waals surface area contributed by atoms with Gasteiger partial charge in [0.2, 0.25) is 0 Å². The van der Waals surface area contributed by atoms with Crippen molar-refractivity contribution in [1.29, 1.82) is 0 Å². The minimum Gasteiger partial charge on any atom is -0.478 e. The molecule has 6 nitrogen and oxygen atoms in total. The van der Waals surface area contributed by atoms with Gasteiger partial charge in [0.25, 0.3) is 5.91 Å². The molecule has 0 bridgehead atoms. The van der Waals surface area contributed by atoms with Crippen LogP contribution in [0.1, 0.15) is 64.4 Å².